The molecule has 0 radical (unpaired) electrons. The molecule has 12 N–H and O–H groups in total. The maximum atomic E-state index is 12.3. The summed E-state index contributed by atoms with van der Waals surface area (Å²) < 4.78 is 0. The van der Waals surface area contributed by atoms with E-state index in [1.807, 2.05) is 5.32 Å². The van der Waals surface area contributed by atoms with Crippen LogP contribution in [0.4, 0.5) is 0 Å². The van der Waals surface area contributed by atoms with Gasteiger partial charge in [-0.15, -0.1) is 0 Å². The molecular weight excluding hydrogens is 406 g/mol. The van der Waals surface area contributed by atoms with Gasteiger partial charge in [0.15, 0.2) is 0 Å². The molecule has 15 heteroatoms. The molecule has 0 saturated heterocycles. The maximum absolute atomic E-state index is 12.3. The van der Waals surface area contributed by atoms with Gasteiger partial charge < -0.3 is 44.0 Å². The van der Waals surface area contributed by atoms with Crippen LogP contribution in [-0.2, 0) is 33.6 Å². The number of carboxylic acids is 1. The SMILES string of the molecule is CC(NC(=O)C(N)CC(N)=O)C(=O)NC(CC(N)=O)C(=O)NC(CC(N)=O)C(=O)O. The smallest absolute Gasteiger partial charge is 0.326 e. The summed E-state index contributed by atoms with van der Waals surface area (Å²) in [5, 5.41) is 15.3. The van der Waals surface area contributed by atoms with E-state index >= 15 is 0 Å². The molecule has 0 aliphatic carbocycles. The third kappa shape index (κ3) is 9.98. The maximum Gasteiger partial charge on any atom is 0.326 e. The van der Waals surface area contributed by atoms with Crippen molar-refractivity contribution in [1.29, 1.82) is 0 Å². The van der Waals surface area contributed by atoms with E-state index in [4.69, 9.17) is 28.0 Å². The minimum Gasteiger partial charge on any atom is -0.480 e. The van der Waals surface area contributed by atoms with Crippen molar-refractivity contribution in [3.8, 4) is 0 Å². The molecular formula is C15H25N7O8. The Hall–Kier alpha value is -3.75. The van der Waals surface area contributed by atoms with Gasteiger partial charge in [-0.1, -0.05) is 0 Å². The average Bonchev–Trinajstić information content (AvgIpc) is 2.58. The van der Waals surface area contributed by atoms with Gasteiger partial charge in [-0.25, -0.2) is 4.79 Å². The molecule has 0 aliphatic heterocycles. The molecule has 0 spiro atoms. The van der Waals surface area contributed by atoms with Crippen LogP contribution in [0.5, 0.6) is 0 Å². The highest BCUT2D eigenvalue weighted by atomic mass is 16.4. The Labute approximate surface area is 170 Å². The van der Waals surface area contributed by atoms with E-state index in [0.717, 1.165) is 0 Å². The van der Waals surface area contributed by atoms with Crippen LogP contribution in [0.25, 0.3) is 0 Å². The fraction of sp³-hybridized carbons (Fsp3) is 0.533. The van der Waals surface area contributed by atoms with Crippen molar-refractivity contribution in [2.75, 3.05) is 0 Å². The summed E-state index contributed by atoms with van der Waals surface area (Å²) in [5.41, 5.74) is 20.3. The van der Waals surface area contributed by atoms with Gasteiger partial charge in [0.2, 0.25) is 35.4 Å². The molecule has 0 fully saturated rings. The summed E-state index contributed by atoms with van der Waals surface area (Å²) in [4.78, 5) is 80.4. The first-order valence-electron chi connectivity index (χ1n) is 8.49. The molecule has 6 amide bonds. The lowest BCUT2D eigenvalue weighted by Gasteiger charge is -2.22. The Bertz CT molecular complexity index is 726. The number of nitrogens with one attached hydrogen (secondary N) is 3. The first-order valence-corrected chi connectivity index (χ1v) is 8.49. The van der Waals surface area contributed by atoms with Crippen molar-refractivity contribution in [1.82, 2.24) is 16.0 Å². The second kappa shape index (κ2) is 11.9. The van der Waals surface area contributed by atoms with Crippen LogP contribution >= 0.6 is 0 Å². The second-order valence-electron chi connectivity index (χ2n) is 6.31. The second-order valence-corrected chi connectivity index (χ2v) is 6.31. The first-order chi connectivity index (χ1) is 13.7. The molecule has 0 heterocycles. The number of hydrogen-bond donors (Lipinski definition) is 8. The number of carbonyl (C=O) groups is 7. The Morgan fingerprint density at radius 3 is 1.57 bits per heavy atom. The summed E-state index contributed by atoms with van der Waals surface area (Å²) in [6.07, 6.45) is -1.91. The molecule has 0 saturated carbocycles. The lowest BCUT2D eigenvalue weighted by molar-refractivity contribution is -0.144. The predicted molar refractivity (Wildman–Crippen MR) is 98.5 cm³/mol. The van der Waals surface area contributed by atoms with Crippen LogP contribution < -0.4 is 38.9 Å². The Kier molecular flexibility index (Phi) is 10.5. The number of hydrogen-bond acceptors (Lipinski definition) is 8. The van der Waals surface area contributed by atoms with Gasteiger partial charge in [-0.2, -0.15) is 0 Å². The first kappa shape index (κ1) is 26.2. The van der Waals surface area contributed by atoms with Crippen molar-refractivity contribution >= 4 is 41.4 Å². The Balaban J connectivity index is 5.16. The van der Waals surface area contributed by atoms with Gasteiger partial charge >= 0.3 is 5.97 Å². The zero-order valence-corrected chi connectivity index (χ0v) is 16.0. The normalized spacial score (nSPS) is 14.3. The predicted octanol–water partition coefficient (Wildman–Crippen LogP) is -5.50. The molecule has 30 heavy (non-hydrogen) atoms. The third-order valence-electron chi connectivity index (χ3n) is 3.57. The summed E-state index contributed by atoms with van der Waals surface area (Å²) in [7, 11) is 0. The highest BCUT2D eigenvalue weighted by Gasteiger charge is 2.30. The van der Waals surface area contributed by atoms with Crippen LogP contribution in [0.2, 0.25) is 0 Å². The minimum absolute atomic E-state index is 0.469. The van der Waals surface area contributed by atoms with Gasteiger partial charge in [-0.3, -0.25) is 28.8 Å². The van der Waals surface area contributed by atoms with Gasteiger partial charge in [0.1, 0.15) is 18.1 Å². The quantitative estimate of drug-likeness (QED) is 0.138. The van der Waals surface area contributed by atoms with Crippen molar-refractivity contribution in [3.05, 3.63) is 0 Å². The number of aliphatic carboxylic acids is 1. The van der Waals surface area contributed by atoms with E-state index in [1.165, 1.54) is 6.92 Å². The molecule has 15 nitrogen and oxygen atoms in total. The molecule has 0 aliphatic rings. The summed E-state index contributed by atoms with van der Waals surface area (Å²) >= 11 is 0. The molecule has 0 aromatic carbocycles. The van der Waals surface area contributed by atoms with Crippen molar-refractivity contribution in [2.24, 2.45) is 22.9 Å². The summed E-state index contributed by atoms with van der Waals surface area (Å²) in [6.45, 7) is 1.22. The lowest BCUT2D eigenvalue weighted by Crippen LogP contribution is -2.57. The topological polar surface area (TPSA) is 280 Å². The van der Waals surface area contributed by atoms with E-state index in [0.29, 0.717) is 0 Å². The van der Waals surface area contributed by atoms with Crippen molar-refractivity contribution in [3.63, 3.8) is 0 Å². The van der Waals surface area contributed by atoms with E-state index in [-0.39, 0.29) is 0 Å². The van der Waals surface area contributed by atoms with Crippen molar-refractivity contribution < 1.29 is 38.7 Å². The van der Waals surface area contributed by atoms with Crippen LogP contribution in [0.15, 0.2) is 0 Å². The van der Waals surface area contributed by atoms with Crippen LogP contribution in [0.1, 0.15) is 26.2 Å². The zero-order chi connectivity index (χ0) is 23.6. The molecule has 0 aromatic heterocycles. The monoisotopic (exact) mass is 431 g/mol. The van der Waals surface area contributed by atoms with E-state index < -0.39 is 84.8 Å². The fourth-order valence-electron chi connectivity index (χ4n) is 2.08. The number of amides is 6. The van der Waals surface area contributed by atoms with Gasteiger partial charge in [-0.05, 0) is 6.92 Å². The Morgan fingerprint density at radius 2 is 1.13 bits per heavy atom. The molecule has 0 rings (SSSR count). The van der Waals surface area contributed by atoms with Crippen molar-refractivity contribution in [2.45, 2.75) is 50.4 Å². The summed E-state index contributed by atoms with van der Waals surface area (Å²) in [6, 6.07) is -5.89. The van der Waals surface area contributed by atoms with Crippen LogP contribution in [-0.4, -0.2) is 70.7 Å². The van der Waals surface area contributed by atoms with Gasteiger partial charge in [0.05, 0.1) is 25.3 Å². The number of nitrogens with two attached hydrogens (primary N) is 4. The zero-order valence-electron chi connectivity index (χ0n) is 16.0. The number of primary amides is 3. The third-order valence-corrected chi connectivity index (χ3v) is 3.57. The van der Waals surface area contributed by atoms with Gasteiger partial charge in [0, 0.05) is 0 Å². The molecule has 4 atom stereocenters. The van der Waals surface area contributed by atoms with Gasteiger partial charge in [0.25, 0.3) is 0 Å². The largest absolute Gasteiger partial charge is 0.480 e. The van der Waals surface area contributed by atoms with Crippen LogP contribution in [0.3, 0.4) is 0 Å². The van der Waals surface area contributed by atoms with Crippen LogP contribution in [0, 0.1) is 0 Å². The van der Waals surface area contributed by atoms with E-state index in [9.17, 15) is 33.6 Å². The van der Waals surface area contributed by atoms with E-state index in [2.05, 4.69) is 10.6 Å². The van der Waals surface area contributed by atoms with E-state index in [1.54, 1.807) is 0 Å². The number of rotatable bonds is 13. The average molecular weight is 431 g/mol. The Morgan fingerprint density at radius 1 is 0.700 bits per heavy atom. The molecule has 0 bridgehead atoms. The standard InChI is InChI=1S/C15H25N7O8/c1-5(20-13(27)6(16)2-9(17)23)12(26)21-7(3-10(18)24)14(28)22-8(15(29)30)4-11(19)25/h5-8H,2-4,16H2,1H3,(H2,17,23)(H2,18,24)(H2,19,25)(H,20,27)(H,21,26)(H,22,28)(H,29,30). The lowest BCUT2D eigenvalue weighted by atomic mass is 10.1. The fourth-order valence-corrected chi connectivity index (χ4v) is 2.08. The molecule has 4 unspecified atom stereocenters. The minimum atomic E-state index is -1.70. The molecule has 0 aromatic rings. The highest BCUT2D eigenvalue weighted by molar-refractivity contribution is 5.97. The highest BCUT2D eigenvalue weighted by Crippen LogP contribution is 1.99. The molecule has 168 valence electrons. The number of carbonyl (C=O) groups excluding carboxylic acids is 6. The number of carboxylic acid groups (broad SMARTS) is 1. The summed E-state index contributed by atoms with van der Waals surface area (Å²) in [5.74, 6) is -7.37.